The molecule has 0 radical (unpaired) electrons. The second-order valence-corrected chi connectivity index (χ2v) is 6.01. The Labute approximate surface area is 108 Å². The van der Waals surface area contributed by atoms with E-state index in [1.165, 1.54) is 45.4 Å². The molecule has 0 saturated carbocycles. The molecule has 0 bridgehead atoms. The molecule has 1 rings (SSSR count). The monoisotopic (exact) mass is 241 g/mol. The second kappa shape index (κ2) is 8.06. The number of likely N-dealkylation sites (N-methyl/N-ethyl adjacent to an activating group) is 1. The van der Waals surface area contributed by atoms with Gasteiger partial charge in [0.1, 0.15) is 0 Å². The molecule has 0 aromatic carbocycles. The van der Waals surface area contributed by atoms with Gasteiger partial charge in [0.15, 0.2) is 0 Å². The van der Waals surface area contributed by atoms with Gasteiger partial charge in [0, 0.05) is 12.6 Å². The minimum Gasteiger partial charge on any atom is -0.316 e. The standard InChI is InChI=1S/C14H31N3/c1-13(2)11-15-8-5-6-9-17-10-7-14(12-17)16(3)4/h13-15H,5-12H2,1-4H3. The molecule has 0 spiro atoms. The maximum Gasteiger partial charge on any atom is 0.0229 e. The molecule has 0 aliphatic carbocycles. The maximum atomic E-state index is 3.51. The molecule has 1 atom stereocenters. The van der Waals surface area contributed by atoms with Crippen LogP contribution in [-0.4, -0.2) is 62.7 Å². The van der Waals surface area contributed by atoms with E-state index in [0.29, 0.717) is 0 Å². The highest BCUT2D eigenvalue weighted by atomic mass is 15.2. The molecule has 3 nitrogen and oxygen atoms in total. The van der Waals surface area contributed by atoms with E-state index in [2.05, 4.69) is 43.1 Å². The van der Waals surface area contributed by atoms with Crippen LogP contribution in [0.1, 0.15) is 33.1 Å². The summed E-state index contributed by atoms with van der Waals surface area (Å²) in [7, 11) is 4.40. The molecule has 1 saturated heterocycles. The molecular formula is C14H31N3. The van der Waals surface area contributed by atoms with Crippen LogP contribution < -0.4 is 5.32 Å². The third-order valence-electron chi connectivity index (χ3n) is 3.61. The molecule has 0 aromatic rings. The van der Waals surface area contributed by atoms with Crippen LogP contribution in [-0.2, 0) is 0 Å². The smallest absolute Gasteiger partial charge is 0.0229 e. The molecule has 1 fully saturated rings. The second-order valence-electron chi connectivity index (χ2n) is 6.01. The van der Waals surface area contributed by atoms with E-state index in [-0.39, 0.29) is 0 Å². The lowest BCUT2D eigenvalue weighted by Gasteiger charge is -2.20. The van der Waals surface area contributed by atoms with Gasteiger partial charge in [-0.2, -0.15) is 0 Å². The highest BCUT2D eigenvalue weighted by molar-refractivity contribution is 4.80. The first-order valence-electron chi connectivity index (χ1n) is 7.19. The molecule has 102 valence electrons. The molecule has 1 aliphatic rings. The van der Waals surface area contributed by atoms with Crippen molar-refractivity contribution in [1.29, 1.82) is 0 Å². The predicted octanol–water partition coefficient (Wildman–Crippen LogP) is 1.65. The van der Waals surface area contributed by atoms with E-state index >= 15 is 0 Å². The van der Waals surface area contributed by atoms with Gasteiger partial charge in [-0.1, -0.05) is 13.8 Å². The highest BCUT2D eigenvalue weighted by Crippen LogP contribution is 2.13. The van der Waals surface area contributed by atoms with Crippen LogP contribution in [0.2, 0.25) is 0 Å². The van der Waals surface area contributed by atoms with Gasteiger partial charge < -0.3 is 15.1 Å². The van der Waals surface area contributed by atoms with E-state index in [9.17, 15) is 0 Å². The van der Waals surface area contributed by atoms with Crippen molar-refractivity contribution < 1.29 is 0 Å². The van der Waals surface area contributed by atoms with Gasteiger partial charge in [0.2, 0.25) is 0 Å². The summed E-state index contributed by atoms with van der Waals surface area (Å²) < 4.78 is 0. The summed E-state index contributed by atoms with van der Waals surface area (Å²) in [5.41, 5.74) is 0. The zero-order chi connectivity index (χ0) is 12.7. The topological polar surface area (TPSA) is 18.5 Å². The van der Waals surface area contributed by atoms with Crippen LogP contribution in [0, 0.1) is 5.92 Å². The number of hydrogen-bond donors (Lipinski definition) is 1. The minimum atomic E-state index is 0.773. The molecule has 3 heteroatoms. The van der Waals surface area contributed by atoms with E-state index in [1.807, 2.05) is 0 Å². The van der Waals surface area contributed by atoms with Gasteiger partial charge >= 0.3 is 0 Å². The number of nitrogens with one attached hydrogen (secondary N) is 1. The Morgan fingerprint density at radius 1 is 1.29 bits per heavy atom. The van der Waals surface area contributed by atoms with Crippen molar-refractivity contribution in [3.05, 3.63) is 0 Å². The van der Waals surface area contributed by atoms with Gasteiger partial charge in [0.05, 0.1) is 0 Å². The average molecular weight is 241 g/mol. The van der Waals surface area contributed by atoms with Crippen LogP contribution in [0.4, 0.5) is 0 Å². The summed E-state index contributed by atoms with van der Waals surface area (Å²) in [6.45, 7) is 10.7. The Morgan fingerprint density at radius 3 is 2.65 bits per heavy atom. The summed E-state index contributed by atoms with van der Waals surface area (Å²) in [6.07, 6.45) is 4.00. The van der Waals surface area contributed by atoms with Crippen molar-refractivity contribution in [2.75, 3.05) is 46.8 Å². The maximum absolute atomic E-state index is 3.51. The van der Waals surface area contributed by atoms with Crippen molar-refractivity contribution in [3.63, 3.8) is 0 Å². The zero-order valence-electron chi connectivity index (χ0n) is 12.2. The Balaban J connectivity index is 1.94. The lowest BCUT2D eigenvalue weighted by Crippen LogP contribution is -2.32. The first kappa shape index (κ1) is 14.9. The molecule has 1 aliphatic heterocycles. The molecule has 17 heavy (non-hydrogen) atoms. The summed E-state index contributed by atoms with van der Waals surface area (Å²) in [5.74, 6) is 0.773. The van der Waals surface area contributed by atoms with Crippen LogP contribution in [0.5, 0.6) is 0 Å². The van der Waals surface area contributed by atoms with Crippen molar-refractivity contribution >= 4 is 0 Å². The van der Waals surface area contributed by atoms with Crippen LogP contribution in [0.3, 0.4) is 0 Å². The Kier molecular flexibility index (Phi) is 7.09. The quantitative estimate of drug-likeness (QED) is 0.652. The lowest BCUT2D eigenvalue weighted by atomic mass is 10.2. The molecule has 1 unspecified atom stereocenters. The summed E-state index contributed by atoms with van der Waals surface area (Å²) >= 11 is 0. The van der Waals surface area contributed by atoms with Crippen LogP contribution >= 0.6 is 0 Å². The molecule has 1 heterocycles. The number of unbranched alkanes of at least 4 members (excludes halogenated alkanes) is 1. The lowest BCUT2D eigenvalue weighted by molar-refractivity contribution is 0.265. The first-order valence-corrected chi connectivity index (χ1v) is 7.19. The molecule has 0 aromatic heterocycles. The van der Waals surface area contributed by atoms with Crippen molar-refractivity contribution in [2.45, 2.75) is 39.2 Å². The first-order chi connectivity index (χ1) is 8.09. The summed E-state index contributed by atoms with van der Waals surface area (Å²) in [6, 6.07) is 0.786. The highest BCUT2D eigenvalue weighted by Gasteiger charge is 2.22. The third-order valence-corrected chi connectivity index (χ3v) is 3.61. The van der Waals surface area contributed by atoms with Crippen LogP contribution in [0.25, 0.3) is 0 Å². The zero-order valence-corrected chi connectivity index (χ0v) is 12.2. The van der Waals surface area contributed by atoms with E-state index in [0.717, 1.165) is 18.5 Å². The van der Waals surface area contributed by atoms with Gasteiger partial charge in [-0.3, -0.25) is 0 Å². The fraction of sp³-hybridized carbons (Fsp3) is 1.00. The SMILES string of the molecule is CC(C)CNCCCCN1CCC(N(C)C)C1. The normalized spacial score (nSPS) is 21.9. The molecule has 1 N–H and O–H groups in total. The number of nitrogens with zero attached hydrogens (tertiary/aromatic N) is 2. The fourth-order valence-corrected chi connectivity index (χ4v) is 2.41. The molecular weight excluding hydrogens is 210 g/mol. The van der Waals surface area contributed by atoms with Crippen molar-refractivity contribution in [3.8, 4) is 0 Å². The Bertz CT molecular complexity index is 192. The largest absolute Gasteiger partial charge is 0.316 e. The van der Waals surface area contributed by atoms with Crippen molar-refractivity contribution in [2.24, 2.45) is 5.92 Å². The Morgan fingerprint density at radius 2 is 2.06 bits per heavy atom. The van der Waals surface area contributed by atoms with Gasteiger partial charge in [-0.15, -0.1) is 0 Å². The van der Waals surface area contributed by atoms with E-state index in [1.54, 1.807) is 0 Å². The van der Waals surface area contributed by atoms with E-state index < -0.39 is 0 Å². The average Bonchev–Trinajstić information content (AvgIpc) is 2.71. The number of rotatable bonds is 8. The minimum absolute atomic E-state index is 0.773. The fourth-order valence-electron chi connectivity index (χ4n) is 2.41. The number of likely N-dealkylation sites (tertiary alicyclic amines) is 1. The summed E-state index contributed by atoms with van der Waals surface area (Å²) in [5, 5.41) is 3.51. The van der Waals surface area contributed by atoms with Gasteiger partial charge in [-0.05, 0) is 65.5 Å². The van der Waals surface area contributed by atoms with E-state index in [4.69, 9.17) is 0 Å². The Hall–Kier alpha value is -0.120. The third kappa shape index (κ3) is 6.39. The summed E-state index contributed by atoms with van der Waals surface area (Å²) in [4.78, 5) is 4.98. The molecule has 0 amide bonds. The van der Waals surface area contributed by atoms with Gasteiger partial charge in [0.25, 0.3) is 0 Å². The van der Waals surface area contributed by atoms with Gasteiger partial charge in [-0.25, -0.2) is 0 Å². The predicted molar refractivity (Wildman–Crippen MR) is 75.5 cm³/mol. The van der Waals surface area contributed by atoms with Crippen LogP contribution in [0.15, 0.2) is 0 Å². The number of hydrogen-bond acceptors (Lipinski definition) is 3. The van der Waals surface area contributed by atoms with Crippen molar-refractivity contribution in [1.82, 2.24) is 15.1 Å².